The van der Waals surface area contributed by atoms with E-state index in [4.69, 9.17) is 25.2 Å². The van der Waals surface area contributed by atoms with Crippen LogP contribution in [0, 0.1) is 0 Å². The zero-order valence-corrected chi connectivity index (χ0v) is 13.9. The number of amides is 1. The van der Waals surface area contributed by atoms with E-state index in [0.717, 1.165) is 5.39 Å². The van der Waals surface area contributed by atoms with E-state index < -0.39 is 11.5 Å². The molecule has 0 unspecified atom stereocenters. The zero-order chi connectivity index (χ0) is 18.1. The summed E-state index contributed by atoms with van der Waals surface area (Å²) in [7, 11) is 0. The quantitative estimate of drug-likeness (QED) is 0.551. The molecule has 0 atom stereocenters. The monoisotopic (exact) mass is 370 g/mol. The molecule has 1 N–H and O–H groups in total. The lowest BCUT2D eigenvalue weighted by Crippen LogP contribution is -2.20. The Morgan fingerprint density at radius 2 is 1.92 bits per heavy atom. The molecule has 26 heavy (non-hydrogen) atoms. The Labute approximate surface area is 151 Å². The van der Waals surface area contributed by atoms with Crippen molar-refractivity contribution in [1.29, 1.82) is 0 Å². The van der Waals surface area contributed by atoms with Gasteiger partial charge in [-0.05, 0) is 36.4 Å². The van der Waals surface area contributed by atoms with Crippen molar-refractivity contribution in [2.24, 2.45) is 0 Å². The summed E-state index contributed by atoms with van der Waals surface area (Å²) in [6, 6.07) is 13.0. The first-order valence-corrected chi connectivity index (χ1v) is 7.97. The van der Waals surface area contributed by atoms with E-state index in [-0.39, 0.29) is 12.6 Å². The summed E-state index contributed by atoms with van der Waals surface area (Å²) >= 11 is 5.89. The van der Waals surface area contributed by atoms with Crippen molar-refractivity contribution in [3.8, 4) is 5.75 Å². The van der Waals surface area contributed by atoms with Crippen molar-refractivity contribution < 1.29 is 18.4 Å². The highest BCUT2D eigenvalue weighted by Crippen LogP contribution is 2.22. The second-order valence-corrected chi connectivity index (χ2v) is 5.86. The lowest BCUT2D eigenvalue weighted by atomic mass is 10.2. The van der Waals surface area contributed by atoms with Gasteiger partial charge in [0.2, 0.25) is 0 Å². The highest BCUT2D eigenvalue weighted by molar-refractivity contribution is 6.31. The number of ether oxygens (including phenoxy) is 1. The fourth-order valence-corrected chi connectivity index (χ4v) is 2.56. The van der Waals surface area contributed by atoms with Gasteiger partial charge in [-0.25, -0.2) is 4.79 Å². The second-order valence-electron chi connectivity index (χ2n) is 5.42. The van der Waals surface area contributed by atoms with Crippen molar-refractivity contribution in [2.45, 2.75) is 0 Å². The Morgan fingerprint density at radius 3 is 2.81 bits per heavy atom. The maximum Gasteiger partial charge on any atom is 0.336 e. The lowest BCUT2D eigenvalue weighted by molar-refractivity contribution is -0.118. The predicted octanol–water partition coefficient (Wildman–Crippen LogP) is 3.61. The number of aromatic nitrogens is 1. The number of hydrogen-bond acceptors (Lipinski definition) is 6. The molecule has 7 nitrogen and oxygen atoms in total. The molecule has 2 heterocycles. The van der Waals surface area contributed by atoms with Crippen LogP contribution in [0.25, 0.3) is 22.1 Å². The topological polar surface area (TPSA) is 94.6 Å². The largest absolute Gasteiger partial charge is 0.484 e. The number of benzene rings is 2. The molecule has 0 spiro atoms. The van der Waals surface area contributed by atoms with Crippen LogP contribution in [0.5, 0.6) is 5.75 Å². The van der Waals surface area contributed by atoms with Gasteiger partial charge >= 0.3 is 11.6 Å². The molecule has 0 bridgehead atoms. The molecule has 0 aliphatic rings. The van der Waals surface area contributed by atoms with Crippen LogP contribution in [0.2, 0.25) is 5.02 Å². The number of anilines is 1. The third-order valence-corrected chi connectivity index (χ3v) is 3.80. The van der Waals surface area contributed by atoms with E-state index in [1.54, 1.807) is 42.5 Å². The normalized spacial score (nSPS) is 11.0. The number of nitrogens with one attached hydrogen (secondary N) is 1. The third-order valence-electron chi connectivity index (χ3n) is 3.56. The zero-order valence-electron chi connectivity index (χ0n) is 13.2. The highest BCUT2D eigenvalue weighted by atomic mass is 35.5. The number of hydrogen-bond donors (Lipinski definition) is 1. The molecule has 4 aromatic rings. The van der Waals surface area contributed by atoms with E-state index in [2.05, 4.69) is 10.3 Å². The number of oxazole rings is 1. The Kier molecular flexibility index (Phi) is 4.06. The minimum atomic E-state index is -0.455. The molecular weight excluding hydrogens is 360 g/mol. The first-order valence-electron chi connectivity index (χ1n) is 7.59. The first-order chi connectivity index (χ1) is 12.6. The van der Waals surface area contributed by atoms with Crippen LogP contribution in [0.3, 0.4) is 0 Å². The Hall–Kier alpha value is -3.32. The van der Waals surface area contributed by atoms with Crippen molar-refractivity contribution in [1.82, 2.24) is 4.98 Å². The Morgan fingerprint density at radius 1 is 1.08 bits per heavy atom. The number of rotatable bonds is 4. The molecule has 0 fully saturated rings. The molecule has 1 amide bonds. The van der Waals surface area contributed by atoms with Gasteiger partial charge in [-0.3, -0.25) is 10.1 Å². The summed E-state index contributed by atoms with van der Waals surface area (Å²) < 4.78 is 15.9. The molecule has 2 aromatic heterocycles. The molecular formula is C18H11ClN2O5. The standard InChI is InChI=1S/C18H11ClN2O5/c19-11-3-5-14-13(7-11)20-18(26-14)21-16(22)9-24-12-4-1-10-2-6-17(23)25-15(10)8-12/h1-8H,9H2,(H,20,21,22). The highest BCUT2D eigenvalue weighted by Gasteiger charge is 2.11. The minimum absolute atomic E-state index is 0.0559. The average molecular weight is 371 g/mol. The van der Waals surface area contributed by atoms with Crippen molar-refractivity contribution in [2.75, 3.05) is 11.9 Å². The SMILES string of the molecule is O=C(COc1ccc2ccc(=O)oc2c1)Nc1nc2cc(Cl)ccc2o1. The molecule has 8 heteroatoms. The smallest absolute Gasteiger partial charge is 0.336 e. The number of halogens is 1. The van der Waals surface area contributed by atoms with Crippen LogP contribution >= 0.6 is 11.6 Å². The summed E-state index contributed by atoms with van der Waals surface area (Å²) in [5.74, 6) is -0.0522. The van der Waals surface area contributed by atoms with Gasteiger partial charge in [0.25, 0.3) is 5.91 Å². The maximum absolute atomic E-state index is 12.0. The van der Waals surface area contributed by atoms with E-state index in [1.807, 2.05) is 0 Å². The summed E-state index contributed by atoms with van der Waals surface area (Å²) in [5, 5.41) is 3.79. The van der Waals surface area contributed by atoms with Crippen LogP contribution in [-0.4, -0.2) is 17.5 Å². The minimum Gasteiger partial charge on any atom is -0.484 e. The molecule has 0 radical (unpaired) electrons. The number of carbonyl (C=O) groups is 1. The number of fused-ring (bicyclic) bond motifs is 2. The maximum atomic E-state index is 12.0. The lowest BCUT2D eigenvalue weighted by Gasteiger charge is -2.06. The molecule has 2 aromatic carbocycles. The van der Waals surface area contributed by atoms with E-state index in [9.17, 15) is 9.59 Å². The van der Waals surface area contributed by atoms with Crippen molar-refractivity contribution >= 4 is 45.6 Å². The van der Waals surface area contributed by atoms with Crippen molar-refractivity contribution in [3.63, 3.8) is 0 Å². The van der Waals surface area contributed by atoms with Gasteiger partial charge in [0.05, 0.1) is 0 Å². The average Bonchev–Trinajstić information content (AvgIpc) is 3.00. The molecule has 0 aliphatic carbocycles. The van der Waals surface area contributed by atoms with E-state index in [1.165, 1.54) is 6.07 Å². The summed E-state index contributed by atoms with van der Waals surface area (Å²) in [5.41, 5.74) is 0.975. The van der Waals surface area contributed by atoms with Crippen LogP contribution in [0.4, 0.5) is 6.01 Å². The van der Waals surface area contributed by atoms with E-state index in [0.29, 0.717) is 27.5 Å². The van der Waals surface area contributed by atoms with E-state index >= 15 is 0 Å². The summed E-state index contributed by atoms with van der Waals surface area (Å²) in [6.07, 6.45) is 0. The van der Waals surface area contributed by atoms with Gasteiger partial charge in [0.1, 0.15) is 16.8 Å². The second kappa shape index (κ2) is 6.53. The Bertz CT molecular complexity index is 1180. The van der Waals surface area contributed by atoms with Gasteiger partial charge in [-0.15, -0.1) is 0 Å². The number of nitrogens with zero attached hydrogens (tertiary/aromatic N) is 1. The van der Waals surface area contributed by atoms with Crippen LogP contribution in [-0.2, 0) is 4.79 Å². The van der Waals surface area contributed by atoms with Crippen LogP contribution in [0.15, 0.2) is 62.2 Å². The van der Waals surface area contributed by atoms with Gasteiger partial charge < -0.3 is 13.6 Å². The molecule has 130 valence electrons. The van der Waals surface area contributed by atoms with Crippen molar-refractivity contribution in [3.05, 3.63) is 64.0 Å². The van der Waals surface area contributed by atoms with Crippen LogP contribution in [0.1, 0.15) is 0 Å². The molecule has 4 rings (SSSR count). The fraction of sp³-hybridized carbons (Fsp3) is 0.0556. The van der Waals surface area contributed by atoms with Gasteiger partial charge in [-0.1, -0.05) is 11.6 Å². The van der Waals surface area contributed by atoms with Gasteiger partial charge in [0, 0.05) is 22.5 Å². The number of carbonyl (C=O) groups excluding carboxylic acids is 1. The van der Waals surface area contributed by atoms with Gasteiger partial charge in [0.15, 0.2) is 12.2 Å². The summed E-state index contributed by atoms with van der Waals surface area (Å²) in [4.78, 5) is 27.4. The van der Waals surface area contributed by atoms with Crippen LogP contribution < -0.4 is 15.7 Å². The Balaban J connectivity index is 1.43. The fourth-order valence-electron chi connectivity index (χ4n) is 2.39. The molecule has 0 saturated carbocycles. The third kappa shape index (κ3) is 3.38. The molecule has 0 saturated heterocycles. The summed E-state index contributed by atoms with van der Waals surface area (Å²) in [6.45, 7) is -0.262. The van der Waals surface area contributed by atoms with Gasteiger partial charge in [-0.2, -0.15) is 4.98 Å². The predicted molar refractivity (Wildman–Crippen MR) is 95.6 cm³/mol. The molecule has 0 aliphatic heterocycles. The first kappa shape index (κ1) is 16.2.